The monoisotopic (exact) mass is 1320 g/mol. The number of nitrogens with two attached hydrogens (primary N) is 2. The van der Waals surface area contributed by atoms with Crippen molar-refractivity contribution in [1.29, 1.82) is 0 Å². The summed E-state index contributed by atoms with van der Waals surface area (Å²) in [5.74, 6) is 1.07. The zero-order chi connectivity index (χ0) is 65.8. The van der Waals surface area contributed by atoms with E-state index in [1.54, 1.807) is 18.7 Å². The molecule has 0 aliphatic heterocycles. The number of hydrogen-bond donors (Lipinski definition) is 9. The number of hydrogen-bond acceptors (Lipinski definition) is 17. The third kappa shape index (κ3) is 34.2. The van der Waals surface area contributed by atoms with Gasteiger partial charge in [-0.05, 0) is 159 Å². The van der Waals surface area contributed by atoms with Crippen LogP contribution >= 0.6 is 0 Å². The minimum absolute atomic E-state index is 0.0697. The molecule has 0 radical (unpaired) electrons. The molecule has 488 valence electrons. The molecule has 0 spiro atoms. The topological polar surface area (TPSA) is 360 Å². The van der Waals surface area contributed by atoms with Crippen LogP contribution in [0.15, 0.2) is 70.0 Å². The van der Waals surface area contributed by atoms with Crippen LogP contribution in [0.5, 0.6) is 0 Å². The lowest BCUT2D eigenvalue weighted by molar-refractivity contribution is -0.118. The molecule has 5 rings (SSSR count). The fourth-order valence-electron chi connectivity index (χ4n) is 9.31. The highest BCUT2D eigenvalue weighted by Crippen LogP contribution is 2.28. The molecule has 0 aromatic carbocycles. The van der Waals surface area contributed by atoms with Gasteiger partial charge in [-0.1, -0.05) is 48.0 Å². The highest BCUT2D eigenvalue weighted by atomic mass is 28.5. The molecule has 0 fully saturated rings. The van der Waals surface area contributed by atoms with Crippen LogP contribution in [0, 0.1) is 0 Å². The zero-order valence-corrected chi connectivity index (χ0v) is 61.2. The number of nitrogens with zero attached hydrogens (tertiary/aromatic N) is 6. The van der Waals surface area contributed by atoms with E-state index in [0.29, 0.717) is 35.9 Å². The van der Waals surface area contributed by atoms with E-state index >= 15 is 0 Å². The first-order valence-electron chi connectivity index (χ1n) is 30.2. The maximum absolute atomic E-state index is 12.6. The van der Waals surface area contributed by atoms with Crippen LogP contribution in [0.3, 0.4) is 0 Å². The fraction of sp³-hybridized carbons (Fsp3) is 0.625. The zero-order valence-electron chi connectivity index (χ0n) is 55.2. The molecular weight excluding hydrogens is 1210 g/mol. The molecular formula is C56H105N15O10Si6. The number of imidazole rings is 2. The summed E-state index contributed by atoms with van der Waals surface area (Å²) >= 11 is 0. The van der Waals surface area contributed by atoms with Gasteiger partial charge in [0.2, 0.25) is 11.9 Å². The number of Topliss-reactive ketones (excluding diaryl/α,β-unsaturated/α-hetero) is 1. The second kappa shape index (κ2) is 36.9. The SMILES string of the molecule is CC(C)c1cc(=O)[nH]c(CC(=O)CCCC[Si](C)(C)O[Si](C)(C)O[Si](C)(C)CCCNC(=O)Nc2nc(C(C)C)cc(=O)[nH]2)n1.CC(C)c1cc(=O)[nH]c(NC(=O)n2ccnc2)n1.C[Si](C)(CCCN)O[Si](C)(C)O[Si](C)(C)CCCN.c1c[nH]cn1. The Labute approximate surface area is 521 Å². The number of aromatic amines is 4. The maximum Gasteiger partial charge on any atom is 0.333 e. The van der Waals surface area contributed by atoms with Crippen molar-refractivity contribution in [2.24, 2.45) is 11.5 Å². The summed E-state index contributed by atoms with van der Waals surface area (Å²) in [7, 11) is -11.8. The molecule has 5 aromatic rings. The predicted molar refractivity (Wildman–Crippen MR) is 362 cm³/mol. The Kier molecular flexibility index (Phi) is 32.9. The lowest BCUT2D eigenvalue weighted by Gasteiger charge is -2.39. The molecule has 25 nitrogen and oxygen atoms in total. The van der Waals surface area contributed by atoms with Gasteiger partial charge < -0.3 is 43.2 Å². The Bertz CT molecular complexity index is 2860. The number of carbonyl (C=O) groups excluding carboxylic acids is 3. The lowest BCUT2D eigenvalue weighted by Crippen LogP contribution is -2.52. The van der Waals surface area contributed by atoms with Gasteiger partial charge in [-0.2, -0.15) is 0 Å². The molecule has 11 N–H and O–H groups in total. The van der Waals surface area contributed by atoms with Crippen LogP contribution in [0.1, 0.15) is 121 Å². The van der Waals surface area contributed by atoms with E-state index < -0.39 is 62.5 Å². The number of amides is 3. The molecule has 0 atom stereocenters. The van der Waals surface area contributed by atoms with Crippen molar-refractivity contribution in [2.75, 3.05) is 30.3 Å². The number of rotatable bonds is 30. The average molecular weight is 1320 g/mol. The van der Waals surface area contributed by atoms with E-state index in [0.717, 1.165) is 69.4 Å². The Morgan fingerprint density at radius 2 is 1.00 bits per heavy atom. The molecule has 0 aliphatic rings. The second-order valence-corrected chi connectivity index (χ2v) is 50.7. The van der Waals surface area contributed by atoms with Gasteiger partial charge in [0.25, 0.3) is 16.7 Å². The van der Waals surface area contributed by atoms with Gasteiger partial charge in [-0.3, -0.25) is 44.3 Å². The standard InChI is InChI=1S/C30H54N6O6Si3.C12H34N2O2Si3.C11H13N5O2.C3H4N2/c1-21(2)24-19-27(38)34-26(32-24)18-23(37)14-11-12-16-43(5,6)41-45(9,10)42-44(7,8)17-13-15-31-30(40)36-29-33-25(22(3)4)20-28(39)35-29;1-17(2,11-7-9-13)15-19(5,6)16-18(3,4)12-8-10-14;1-7(2)8-5-9(17)14-10(13-8)15-11(18)16-4-3-12-6-16;1-2-5-3-4-1/h19-22H,11-18H2,1-10H3,(H,32,34,38)(H3,31,33,35,36,39,40);7-14H2,1-6H3;3-7H,1-2H3,(H2,13,14,15,17,18);1-3H,(H,4,5). The van der Waals surface area contributed by atoms with Crippen LogP contribution in [0.2, 0.25) is 103 Å². The Hall–Kier alpha value is -5.47. The van der Waals surface area contributed by atoms with E-state index in [1.807, 2.05) is 41.5 Å². The number of carbonyl (C=O) groups is 3. The number of H-pyrrole nitrogens is 4. The van der Waals surface area contributed by atoms with Gasteiger partial charge in [-0.25, -0.2) is 34.5 Å². The lowest BCUT2D eigenvalue weighted by atomic mass is 10.1. The normalized spacial score (nSPS) is 12.2. The Balaban J connectivity index is 0.000000498. The van der Waals surface area contributed by atoms with E-state index in [-0.39, 0.29) is 58.5 Å². The molecule has 0 saturated carbocycles. The number of anilines is 2. The molecule has 5 aromatic heterocycles. The summed E-state index contributed by atoms with van der Waals surface area (Å²) in [5.41, 5.74) is 12.3. The third-order valence-corrected chi connectivity index (χ3v) is 35.8. The largest absolute Gasteiger partial charge is 0.437 e. The van der Waals surface area contributed by atoms with Crippen LogP contribution in [-0.4, -0.2) is 137 Å². The Morgan fingerprint density at radius 1 is 0.563 bits per heavy atom. The van der Waals surface area contributed by atoms with E-state index in [1.165, 1.54) is 41.5 Å². The first-order chi connectivity index (χ1) is 40.3. The van der Waals surface area contributed by atoms with Crippen LogP contribution in [0.4, 0.5) is 21.5 Å². The number of aromatic nitrogens is 10. The average Bonchev–Trinajstić information content (AvgIpc) is 3.84. The minimum Gasteiger partial charge on any atom is -0.437 e. The smallest absolute Gasteiger partial charge is 0.333 e. The highest BCUT2D eigenvalue weighted by Gasteiger charge is 2.40. The van der Waals surface area contributed by atoms with Gasteiger partial charge in [-0.15, -0.1) is 0 Å². The summed E-state index contributed by atoms with van der Waals surface area (Å²) in [5, 5.41) is 7.93. The first kappa shape index (κ1) is 77.6. The molecule has 0 aliphatic carbocycles. The summed E-state index contributed by atoms with van der Waals surface area (Å²) in [4.78, 5) is 103. The molecule has 31 heteroatoms. The van der Waals surface area contributed by atoms with Crippen molar-refractivity contribution in [1.82, 2.24) is 54.7 Å². The molecule has 0 saturated heterocycles. The summed E-state index contributed by atoms with van der Waals surface area (Å²) in [6, 6.07) is 7.50. The van der Waals surface area contributed by atoms with E-state index in [2.05, 4.69) is 139 Å². The molecule has 5 heterocycles. The number of ketones is 1. The summed E-state index contributed by atoms with van der Waals surface area (Å²) < 4.78 is 27.5. The highest BCUT2D eigenvalue weighted by molar-refractivity contribution is 6.88. The fourth-order valence-corrected chi connectivity index (χ4v) is 37.6. The maximum atomic E-state index is 12.6. The molecule has 87 heavy (non-hydrogen) atoms. The van der Waals surface area contributed by atoms with Crippen molar-refractivity contribution >= 4 is 80.1 Å². The van der Waals surface area contributed by atoms with Crippen LogP contribution in [0.25, 0.3) is 0 Å². The van der Waals surface area contributed by atoms with Crippen molar-refractivity contribution in [3.05, 3.63) is 110 Å². The minimum atomic E-state index is -2.41. The van der Waals surface area contributed by atoms with Crippen molar-refractivity contribution in [3.8, 4) is 0 Å². The van der Waals surface area contributed by atoms with E-state index in [9.17, 15) is 28.8 Å². The number of unbranched alkanes of at least 4 members (excludes halogenated alkanes) is 1. The van der Waals surface area contributed by atoms with E-state index in [4.69, 9.17) is 27.9 Å². The third-order valence-electron chi connectivity index (χ3n) is 12.9. The van der Waals surface area contributed by atoms with Gasteiger partial charge in [0.05, 0.1) is 29.8 Å². The molecule has 0 bridgehead atoms. The van der Waals surface area contributed by atoms with Gasteiger partial charge in [0, 0.05) is 56.0 Å². The first-order valence-corrected chi connectivity index (χ1v) is 48.3. The Morgan fingerprint density at radius 3 is 1.40 bits per heavy atom. The van der Waals surface area contributed by atoms with Crippen LogP contribution < -0.4 is 44.1 Å². The molecule has 3 amide bonds. The number of nitrogens with one attached hydrogen (secondary N) is 7. The van der Waals surface area contributed by atoms with Gasteiger partial charge >= 0.3 is 29.2 Å². The van der Waals surface area contributed by atoms with Crippen molar-refractivity contribution in [3.63, 3.8) is 0 Å². The second-order valence-electron chi connectivity index (χ2n) is 25.7. The quantitative estimate of drug-likeness (QED) is 0.0152. The summed E-state index contributed by atoms with van der Waals surface area (Å²) in [6.07, 6.45) is 14.5. The van der Waals surface area contributed by atoms with Crippen molar-refractivity contribution in [2.45, 2.75) is 207 Å². The predicted octanol–water partition coefficient (Wildman–Crippen LogP) is 10.1. The van der Waals surface area contributed by atoms with Gasteiger partial charge in [0.15, 0.2) is 33.3 Å². The number of urea groups is 1. The molecule has 0 unspecified atom stereocenters. The van der Waals surface area contributed by atoms with Crippen molar-refractivity contribution < 1.29 is 30.8 Å². The summed E-state index contributed by atoms with van der Waals surface area (Å²) in [6.45, 7) is 40.0. The van der Waals surface area contributed by atoms with Crippen LogP contribution in [-0.2, 0) is 27.7 Å². The van der Waals surface area contributed by atoms with Gasteiger partial charge in [0.1, 0.15) is 17.9 Å².